The summed E-state index contributed by atoms with van der Waals surface area (Å²) in [7, 11) is 2.46. The fraction of sp³-hybridized carbons (Fsp3) is 0.500. The van der Waals surface area contributed by atoms with Crippen molar-refractivity contribution >= 4 is 55.7 Å². The van der Waals surface area contributed by atoms with Gasteiger partial charge in [0.25, 0.3) is 0 Å². The second-order valence-electron chi connectivity index (χ2n) is 8.65. The number of hydrogen-bond donors (Lipinski definition) is 10. The molecular weight excluding hydrogens is 596 g/mol. The van der Waals surface area contributed by atoms with Gasteiger partial charge in [-0.25, -0.2) is 0 Å². The Morgan fingerprint density at radius 2 is 0.857 bits per heavy atom. The Balaban J connectivity index is 2.15. The van der Waals surface area contributed by atoms with E-state index in [0.29, 0.717) is 11.1 Å². The molecule has 2 atom stereocenters. The summed E-state index contributed by atoms with van der Waals surface area (Å²) in [4.78, 5) is 22.2. The van der Waals surface area contributed by atoms with E-state index < -0.39 is 22.1 Å². The average Bonchev–Trinajstić information content (AvgIpc) is 2.97. The zero-order chi connectivity index (χ0) is 31.1. The van der Waals surface area contributed by atoms with Gasteiger partial charge in [0, 0.05) is 37.7 Å². The molecule has 10 N–H and O–H groups in total. The Hall–Kier alpha value is -3.10. The summed E-state index contributed by atoms with van der Waals surface area (Å²) in [6.45, 7) is -0.927. The molecule has 2 rings (SSSR count). The molecule has 0 fully saturated rings. The van der Waals surface area contributed by atoms with Gasteiger partial charge in [-0.05, 0) is 35.4 Å². The van der Waals surface area contributed by atoms with Crippen molar-refractivity contribution < 1.29 is 40.5 Å². The Labute approximate surface area is 249 Å². The normalized spacial score (nSPS) is 12.4. The summed E-state index contributed by atoms with van der Waals surface area (Å²) in [5, 5.41) is 92.7. The molecule has 0 spiro atoms. The summed E-state index contributed by atoms with van der Waals surface area (Å²) in [6, 6.07) is 5.67. The van der Waals surface area contributed by atoms with E-state index in [0.717, 1.165) is 0 Å². The molecule has 0 saturated carbocycles. The fourth-order valence-corrected chi connectivity index (χ4v) is 6.00. The molecule has 0 radical (unpaired) electrons. The molecule has 2 unspecified atom stereocenters. The van der Waals surface area contributed by atoms with Crippen molar-refractivity contribution in [3.63, 3.8) is 0 Å². The number of aliphatic hydroxyl groups excluding tert-OH is 6. The molecule has 0 aliphatic carbocycles. The van der Waals surface area contributed by atoms with Crippen LogP contribution in [0.5, 0.6) is 0 Å². The van der Waals surface area contributed by atoms with E-state index in [9.17, 15) is 30.4 Å². The van der Waals surface area contributed by atoms with Crippen LogP contribution in [0.25, 0.3) is 0 Å². The standard InChI is InChI=1S/C24H36N6O10S2/c31-5-1-25-17-9-15(10-18(26-2-6-32)23(17)29(37)38)21(35)13-41-42-14-22(36)16-11-19(27-3-7-33)24(30(39)40)20(12-16)28-4-8-34/h9-12,21-22,25-28,31-36H,1-8,13-14H2. The quantitative estimate of drug-likeness (QED) is 0.0402. The number of nitro groups is 2. The molecule has 0 aliphatic rings. The summed E-state index contributed by atoms with van der Waals surface area (Å²) in [5.41, 5.74) is 0.488. The first-order chi connectivity index (χ1) is 20.2. The second-order valence-corrected chi connectivity index (χ2v) is 11.2. The van der Waals surface area contributed by atoms with Crippen molar-refractivity contribution in [2.45, 2.75) is 12.2 Å². The van der Waals surface area contributed by atoms with Crippen LogP contribution in [0.15, 0.2) is 24.3 Å². The van der Waals surface area contributed by atoms with E-state index in [4.69, 9.17) is 20.4 Å². The molecule has 2 aromatic rings. The van der Waals surface area contributed by atoms with Crippen molar-refractivity contribution in [1.29, 1.82) is 0 Å². The van der Waals surface area contributed by atoms with Crippen molar-refractivity contribution in [1.82, 2.24) is 0 Å². The van der Waals surface area contributed by atoms with Crippen LogP contribution in [0.1, 0.15) is 23.3 Å². The first-order valence-electron chi connectivity index (χ1n) is 12.8. The van der Waals surface area contributed by atoms with E-state index in [1.807, 2.05) is 0 Å². The van der Waals surface area contributed by atoms with Crippen LogP contribution in [-0.4, -0.2) is 105 Å². The van der Waals surface area contributed by atoms with Gasteiger partial charge in [0.05, 0.1) is 48.5 Å². The van der Waals surface area contributed by atoms with Crippen molar-refractivity contribution in [3.8, 4) is 0 Å². The lowest BCUT2D eigenvalue weighted by atomic mass is 10.1. The molecule has 0 heterocycles. The Bertz CT molecular complexity index is 1030. The molecular formula is C24H36N6O10S2. The molecule has 234 valence electrons. The third kappa shape index (κ3) is 10.3. The summed E-state index contributed by atoms with van der Waals surface area (Å²) in [6.07, 6.45) is -2.12. The van der Waals surface area contributed by atoms with Crippen LogP contribution >= 0.6 is 21.6 Å². The maximum Gasteiger partial charge on any atom is 0.315 e. The maximum atomic E-state index is 11.7. The van der Waals surface area contributed by atoms with E-state index in [1.54, 1.807) is 0 Å². The molecule has 0 aliphatic heterocycles. The summed E-state index contributed by atoms with van der Waals surface area (Å²) < 4.78 is 0. The van der Waals surface area contributed by atoms with Gasteiger partial charge in [-0.3, -0.25) is 20.2 Å². The SMILES string of the molecule is O=[N+]([O-])c1c(NCCO)cc(C(O)CSSCC(O)c2cc(NCCO)c([N+](=O)[O-])c(NCCO)c2)cc1NCCO. The zero-order valence-electron chi connectivity index (χ0n) is 22.6. The van der Waals surface area contributed by atoms with Gasteiger partial charge in [0.2, 0.25) is 0 Å². The minimum absolute atomic E-state index is 0.0411. The molecule has 2 aromatic carbocycles. The van der Waals surface area contributed by atoms with Crippen LogP contribution in [0.3, 0.4) is 0 Å². The lowest BCUT2D eigenvalue weighted by molar-refractivity contribution is -0.383. The van der Waals surface area contributed by atoms with Crippen molar-refractivity contribution in [3.05, 3.63) is 55.6 Å². The monoisotopic (exact) mass is 632 g/mol. The molecule has 0 amide bonds. The van der Waals surface area contributed by atoms with Gasteiger partial charge < -0.3 is 51.9 Å². The Morgan fingerprint density at radius 1 is 0.595 bits per heavy atom. The van der Waals surface area contributed by atoms with Crippen LogP contribution in [0.2, 0.25) is 0 Å². The number of nitro benzene ring substituents is 2. The van der Waals surface area contributed by atoms with Gasteiger partial charge in [-0.2, -0.15) is 0 Å². The average molecular weight is 633 g/mol. The molecule has 0 bridgehead atoms. The second kappa shape index (κ2) is 18.4. The number of aliphatic hydroxyl groups is 6. The lowest BCUT2D eigenvalue weighted by Crippen LogP contribution is -2.13. The van der Waals surface area contributed by atoms with Crippen LogP contribution in [-0.2, 0) is 0 Å². The van der Waals surface area contributed by atoms with Crippen LogP contribution < -0.4 is 21.3 Å². The topological polar surface area (TPSA) is 256 Å². The number of hydrogen-bond acceptors (Lipinski definition) is 16. The van der Waals surface area contributed by atoms with Crippen molar-refractivity contribution in [2.24, 2.45) is 0 Å². The molecule has 42 heavy (non-hydrogen) atoms. The van der Waals surface area contributed by atoms with E-state index in [-0.39, 0.29) is 98.2 Å². The van der Waals surface area contributed by atoms with Crippen molar-refractivity contribution in [2.75, 3.05) is 85.4 Å². The highest BCUT2D eigenvalue weighted by Gasteiger charge is 2.25. The predicted octanol–water partition coefficient (Wildman–Crippen LogP) is 1.27. The minimum Gasteiger partial charge on any atom is -0.395 e. The predicted molar refractivity (Wildman–Crippen MR) is 163 cm³/mol. The first kappa shape index (κ1) is 35.1. The first-order valence-corrected chi connectivity index (χ1v) is 15.3. The maximum absolute atomic E-state index is 11.7. The smallest absolute Gasteiger partial charge is 0.315 e. The Morgan fingerprint density at radius 3 is 1.07 bits per heavy atom. The minimum atomic E-state index is -1.06. The Kier molecular flexibility index (Phi) is 15.4. The van der Waals surface area contributed by atoms with E-state index in [2.05, 4.69) is 21.3 Å². The summed E-state index contributed by atoms with van der Waals surface area (Å²) in [5.74, 6) is 0.280. The van der Waals surface area contributed by atoms with Crippen LogP contribution in [0.4, 0.5) is 34.1 Å². The third-order valence-corrected chi connectivity index (χ3v) is 8.03. The van der Waals surface area contributed by atoms with Crippen LogP contribution in [0, 0.1) is 20.2 Å². The number of benzene rings is 2. The van der Waals surface area contributed by atoms with Gasteiger partial charge in [0.15, 0.2) is 0 Å². The van der Waals surface area contributed by atoms with Gasteiger partial charge >= 0.3 is 11.4 Å². The zero-order valence-corrected chi connectivity index (χ0v) is 24.2. The highest BCUT2D eigenvalue weighted by atomic mass is 33.1. The molecule has 0 saturated heterocycles. The highest BCUT2D eigenvalue weighted by Crippen LogP contribution is 2.40. The van der Waals surface area contributed by atoms with Gasteiger partial charge in [0.1, 0.15) is 22.7 Å². The number of rotatable bonds is 21. The van der Waals surface area contributed by atoms with E-state index in [1.165, 1.54) is 45.9 Å². The van der Waals surface area contributed by atoms with Gasteiger partial charge in [-0.1, -0.05) is 21.6 Å². The number of nitrogens with zero attached hydrogens (tertiary/aromatic N) is 2. The fourth-order valence-electron chi connectivity index (χ4n) is 3.81. The summed E-state index contributed by atoms with van der Waals surface area (Å²) >= 11 is 0. The molecule has 0 aromatic heterocycles. The highest BCUT2D eigenvalue weighted by molar-refractivity contribution is 8.76. The number of nitrogens with one attached hydrogen (secondary N) is 4. The largest absolute Gasteiger partial charge is 0.395 e. The lowest BCUT2D eigenvalue weighted by Gasteiger charge is -2.18. The van der Waals surface area contributed by atoms with Gasteiger partial charge in [-0.15, -0.1) is 0 Å². The molecule has 16 nitrogen and oxygen atoms in total. The molecule has 18 heteroatoms. The number of anilines is 4. The van der Waals surface area contributed by atoms with E-state index >= 15 is 0 Å². The third-order valence-electron chi connectivity index (χ3n) is 5.64.